The third-order valence-electron chi connectivity index (χ3n) is 15.3. The van der Waals surface area contributed by atoms with E-state index in [1.807, 2.05) is 56.5 Å². The van der Waals surface area contributed by atoms with Gasteiger partial charge in [0.25, 0.3) is 0 Å². The molecule has 11 aromatic carbocycles. The number of hydrogen-bond donors (Lipinski definition) is 0. The highest BCUT2D eigenvalue weighted by Gasteiger charge is 2.16. The highest BCUT2D eigenvalue weighted by molar-refractivity contribution is 7.55. The Kier molecular flexibility index (Phi) is 13.9. The molecule has 0 saturated carbocycles. The molecule has 0 N–H and O–H groups in total. The van der Waals surface area contributed by atoms with E-state index in [1.165, 1.54) is 87.6 Å². The Balaban J connectivity index is 0.000000168. The van der Waals surface area contributed by atoms with Crippen molar-refractivity contribution in [3.63, 3.8) is 0 Å². The van der Waals surface area contributed by atoms with E-state index in [4.69, 9.17) is 15.0 Å². The van der Waals surface area contributed by atoms with Gasteiger partial charge in [-0.25, -0.2) is 0 Å². The van der Waals surface area contributed by atoms with E-state index in [-0.39, 0.29) is 0 Å². The maximum atomic E-state index is 4.90. The summed E-state index contributed by atoms with van der Waals surface area (Å²) in [7, 11) is 2.45. The molecule has 1 unspecified atom stereocenters. The third kappa shape index (κ3) is 10.2. The number of hydrogen-bond acceptors (Lipinski definition) is 4. The molecule has 6 heteroatoms. The van der Waals surface area contributed by atoms with Gasteiger partial charge in [0.2, 0.25) is 0 Å². The Morgan fingerprint density at radius 3 is 1.26 bits per heavy atom. The van der Waals surface area contributed by atoms with Gasteiger partial charge in [0.05, 0.1) is 22.2 Å². The molecule has 0 aliphatic rings. The molecule has 0 bridgehead atoms. The first-order valence-electron chi connectivity index (χ1n) is 27.5. The molecule has 81 heavy (non-hydrogen) atoms. The van der Waals surface area contributed by atoms with Crippen LogP contribution in [-0.2, 0) is 0 Å². The van der Waals surface area contributed by atoms with Crippen LogP contribution in [0.2, 0.25) is 6.82 Å². The van der Waals surface area contributed by atoms with Gasteiger partial charge in [0.1, 0.15) is 7.00 Å². The van der Waals surface area contributed by atoms with Crippen molar-refractivity contribution in [2.45, 2.75) is 20.7 Å². The van der Waals surface area contributed by atoms with Crippen LogP contribution in [0.5, 0.6) is 0 Å². The quantitative estimate of drug-likeness (QED) is 0.0721. The number of aromatic nitrogens is 4. The number of nitrogens with zero attached hydrogens (tertiary/aromatic N) is 4. The Bertz CT molecular complexity index is 4730. The summed E-state index contributed by atoms with van der Waals surface area (Å²) in [5, 5.41) is 13.3. The first kappa shape index (κ1) is 50.8. The fourth-order valence-corrected chi connectivity index (χ4v) is 11.4. The average molecular weight is 1050 g/mol. The van der Waals surface area contributed by atoms with Crippen molar-refractivity contribution in [2.75, 3.05) is 0 Å². The number of rotatable bonds is 6. The third-order valence-corrected chi connectivity index (χ3v) is 15.3. The van der Waals surface area contributed by atoms with Crippen molar-refractivity contribution in [3.8, 4) is 66.9 Å². The summed E-state index contributed by atoms with van der Waals surface area (Å²) in [6.07, 6.45) is 3.88. The summed E-state index contributed by atoms with van der Waals surface area (Å²) in [4.78, 5) is 19.3. The lowest BCUT2D eigenvalue weighted by molar-refractivity contribution is 1.23. The minimum Gasteiger partial charge on any atom is -0.256 e. The number of fused-ring (bicyclic) bond motifs is 8. The lowest BCUT2D eigenvalue weighted by atomic mass is 9.88. The lowest BCUT2D eigenvalue weighted by Gasteiger charge is -2.15. The first-order valence-corrected chi connectivity index (χ1v) is 28.1. The predicted octanol–water partition coefficient (Wildman–Crippen LogP) is 20.2. The number of para-hydroxylation sites is 1. The van der Waals surface area contributed by atoms with Gasteiger partial charge in [-0.3, -0.25) is 19.9 Å². The van der Waals surface area contributed by atoms with Crippen LogP contribution in [0, 0.1) is 13.8 Å². The zero-order chi connectivity index (χ0) is 54.8. The molecule has 0 saturated heterocycles. The van der Waals surface area contributed by atoms with Crippen LogP contribution >= 0.6 is 9.12 Å². The smallest absolute Gasteiger partial charge is 0.134 e. The van der Waals surface area contributed by atoms with Gasteiger partial charge in [-0.05, 0) is 168 Å². The SMILES string of the molecule is C[B]P.Cc1cc(-c2ccccc2)c2ccc3c(-c4ccccc4)cc(C)nc3c2n1.c1ccc2cc(-c3ccc(-c4ccc5ccccc5c4)c4cc5cc(-c6ccc(-c7cnc8ccccc8c7)nc6)ccc5cc34)ccc2c1. The van der Waals surface area contributed by atoms with Crippen LogP contribution in [0.4, 0.5) is 0 Å². The fourth-order valence-electron chi connectivity index (χ4n) is 11.4. The second-order valence-electron chi connectivity index (χ2n) is 20.6. The van der Waals surface area contributed by atoms with E-state index in [9.17, 15) is 0 Å². The van der Waals surface area contributed by atoms with Crippen LogP contribution in [0.25, 0.3) is 143 Å². The zero-order valence-electron chi connectivity index (χ0n) is 45.3. The minimum atomic E-state index is 0.917. The second-order valence-corrected chi connectivity index (χ2v) is 21.3. The number of pyridine rings is 4. The molecule has 0 spiro atoms. The van der Waals surface area contributed by atoms with Gasteiger partial charge < -0.3 is 0 Å². The standard InChI is InChI=1S/C48H30N2.C26H20N2.CH5BP/c1-3-9-33-23-37(17-13-31(33)7-1)43-20-21-44(38-18-14-32-8-2-4-10-34(32)24-38)46-28-41-25-35(15-16-36(41)27-45(43)46)40-19-22-48(49-29-40)42-26-39-11-5-6-12-47(39)50-30-42;1-17-15-23(19-9-5-3-6-10-19)21-13-14-22-24(20-11-7-4-8-12-20)16-18(2)28-26(22)25(21)27-17;1-2-3/h1-30H;3-16H,1-2H3;3H2,1H3. The Hall–Kier alpha value is -9.67. The van der Waals surface area contributed by atoms with E-state index >= 15 is 0 Å². The summed E-state index contributed by atoms with van der Waals surface area (Å²) in [6, 6.07) is 91.2. The number of aryl methyl sites for hydroxylation is 2. The van der Waals surface area contributed by atoms with Crippen LogP contribution in [-0.4, -0.2) is 26.9 Å². The zero-order valence-corrected chi connectivity index (χ0v) is 46.5. The molecule has 15 rings (SSSR count). The highest BCUT2D eigenvalue weighted by atomic mass is 31.0. The Labute approximate surface area is 475 Å². The molecule has 15 aromatic rings. The predicted molar refractivity (Wildman–Crippen MR) is 350 cm³/mol. The van der Waals surface area contributed by atoms with E-state index < -0.39 is 0 Å². The highest BCUT2D eigenvalue weighted by Crippen LogP contribution is 2.41. The molecule has 1 atom stereocenters. The van der Waals surface area contributed by atoms with Crippen molar-refractivity contribution >= 4 is 91.9 Å². The molecule has 1 radical (unpaired) electrons. The molecule has 4 nitrogen and oxygen atoms in total. The summed E-state index contributed by atoms with van der Waals surface area (Å²) >= 11 is 0. The normalized spacial score (nSPS) is 11.2. The van der Waals surface area contributed by atoms with Gasteiger partial charge in [0, 0.05) is 51.1 Å². The van der Waals surface area contributed by atoms with Gasteiger partial charge in [0.15, 0.2) is 0 Å². The summed E-state index contributed by atoms with van der Waals surface area (Å²) in [5.41, 5.74) is 18.8. The largest absolute Gasteiger partial charge is 0.256 e. The Morgan fingerprint density at radius 1 is 0.296 bits per heavy atom. The van der Waals surface area contributed by atoms with Crippen molar-refractivity contribution in [1.82, 2.24) is 19.9 Å². The second kappa shape index (κ2) is 22.2. The lowest BCUT2D eigenvalue weighted by Crippen LogP contribution is -1.94. The van der Waals surface area contributed by atoms with E-state index in [0.29, 0.717) is 0 Å². The fraction of sp³-hybridized carbons (Fsp3) is 0.0400. The average Bonchev–Trinajstić information content (AvgIpc) is 3.67. The molecule has 0 fully saturated rings. The molecular weight excluding hydrogens is 999 g/mol. The van der Waals surface area contributed by atoms with E-state index in [0.717, 1.165) is 66.5 Å². The van der Waals surface area contributed by atoms with Crippen LogP contribution < -0.4 is 0 Å². The molecule has 0 aliphatic heterocycles. The summed E-state index contributed by atoms with van der Waals surface area (Å²) in [6.45, 7) is 7.99. The van der Waals surface area contributed by atoms with E-state index in [2.05, 4.69) is 252 Å². The summed E-state index contributed by atoms with van der Waals surface area (Å²) < 4.78 is 0. The summed E-state index contributed by atoms with van der Waals surface area (Å²) in [5.74, 6) is 0. The first-order chi connectivity index (χ1) is 39.8. The minimum absolute atomic E-state index is 0.917. The topological polar surface area (TPSA) is 51.6 Å². The van der Waals surface area contributed by atoms with Crippen molar-refractivity contribution < 1.29 is 0 Å². The Morgan fingerprint density at radius 2 is 0.716 bits per heavy atom. The monoisotopic (exact) mass is 1050 g/mol. The van der Waals surface area contributed by atoms with Gasteiger partial charge in [-0.2, -0.15) is 9.12 Å². The molecule has 0 amide bonds. The molecule has 0 aliphatic carbocycles. The van der Waals surface area contributed by atoms with Crippen molar-refractivity contribution in [1.29, 1.82) is 0 Å². The maximum Gasteiger partial charge on any atom is 0.134 e. The van der Waals surface area contributed by atoms with Crippen LogP contribution in [0.1, 0.15) is 11.4 Å². The van der Waals surface area contributed by atoms with Gasteiger partial charge >= 0.3 is 0 Å². The van der Waals surface area contributed by atoms with Gasteiger partial charge in [-0.15, -0.1) is 0 Å². The number of benzene rings is 11. The molecule has 4 aromatic heterocycles. The van der Waals surface area contributed by atoms with Gasteiger partial charge in [-0.1, -0.05) is 201 Å². The molecule has 4 heterocycles. The van der Waals surface area contributed by atoms with Crippen LogP contribution in [0.3, 0.4) is 0 Å². The molecule has 383 valence electrons. The molecular formula is C75H55BN4P. The maximum absolute atomic E-state index is 4.90. The van der Waals surface area contributed by atoms with Crippen molar-refractivity contribution in [3.05, 3.63) is 279 Å². The van der Waals surface area contributed by atoms with Crippen LogP contribution in [0.15, 0.2) is 267 Å². The van der Waals surface area contributed by atoms with E-state index in [1.54, 1.807) is 0 Å². The van der Waals surface area contributed by atoms with Crippen molar-refractivity contribution in [2.24, 2.45) is 0 Å².